The fraction of sp³-hybridized carbons (Fsp3) is 1.00. The second-order valence-corrected chi connectivity index (χ2v) is 10.5. The number of rotatable bonds is 1. The van der Waals surface area contributed by atoms with E-state index in [1.165, 1.54) is 11.5 Å². The molecule has 2 heterocycles. The van der Waals surface area contributed by atoms with E-state index in [1.54, 1.807) is 0 Å². The van der Waals surface area contributed by atoms with Crippen LogP contribution >= 0.6 is 59.7 Å². The van der Waals surface area contributed by atoms with Gasteiger partial charge in [-0.1, -0.05) is 6.92 Å². The van der Waals surface area contributed by atoms with Crippen LogP contribution in [0.5, 0.6) is 0 Å². The standard InChI is InChI=1S/C7H12S5/c1-5-3-9-7(11-5)10-4-6(2-8)12-7/h5-6,8H,2-4H2,1H3. The Morgan fingerprint density at radius 3 is 2.58 bits per heavy atom. The topological polar surface area (TPSA) is 0 Å². The van der Waals surface area contributed by atoms with Crippen LogP contribution in [0, 0.1) is 0 Å². The molecule has 2 rings (SSSR count). The van der Waals surface area contributed by atoms with Crippen LogP contribution < -0.4 is 0 Å². The van der Waals surface area contributed by atoms with Crippen LogP contribution in [0.3, 0.4) is 0 Å². The zero-order valence-corrected chi connectivity index (χ0v) is 11.0. The minimum atomic E-state index is 0.451. The Morgan fingerprint density at radius 1 is 1.33 bits per heavy atom. The highest BCUT2D eigenvalue weighted by Gasteiger charge is 2.46. The van der Waals surface area contributed by atoms with Gasteiger partial charge >= 0.3 is 0 Å². The maximum absolute atomic E-state index is 4.36. The van der Waals surface area contributed by atoms with Crippen molar-refractivity contribution in [1.29, 1.82) is 0 Å². The Hall–Kier alpha value is 1.75. The summed E-state index contributed by atoms with van der Waals surface area (Å²) in [5.74, 6) is 3.65. The lowest BCUT2D eigenvalue weighted by molar-refractivity contribution is 1.15. The minimum absolute atomic E-state index is 0.451. The van der Waals surface area contributed by atoms with Crippen LogP contribution in [0.2, 0.25) is 0 Å². The molecule has 0 aromatic heterocycles. The van der Waals surface area contributed by atoms with Crippen molar-refractivity contribution >= 4 is 59.7 Å². The Morgan fingerprint density at radius 2 is 2.08 bits per heavy atom. The van der Waals surface area contributed by atoms with E-state index in [9.17, 15) is 0 Å². The van der Waals surface area contributed by atoms with Crippen molar-refractivity contribution in [1.82, 2.24) is 0 Å². The van der Waals surface area contributed by atoms with E-state index >= 15 is 0 Å². The average molecular weight is 257 g/mol. The second-order valence-electron chi connectivity index (χ2n) is 2.97. The van der Waals surface area contributed by atoms with Gasteiger partial charge in [-0.3, -0.25) is 0 Å². The summed E-state index contributed by atoms with van der Waals surface area (Å²) in [5.41, 5.74) is 0. The minimum Gasteiger partial charge on any atom is -0.178 e. The molecule has 2 aliphatic rings. The van der Waals surface area contributed by atoms with E-state index in [-0.39, 0.29) is 0 Å². The highest BCUT2D eigenvalue weighted by atomic mass is 32.3. The van der Waals surface area contributed by atoms with Crippen molar-refractivity contribution in [3.05, 3.63) is 0 Å². The summed E-state index contributed by atoms with van der Waals surface area (Å²) in [6.07, 6.45) is 0. The first-order valence-corrected chi connectivity index (χ1v) is 8.35. The molecule has 0 amide bonds. The van der Waals surface area contributed by atoms with Gasteiger partial charge in [-0.05, 0) is 0 Å². The molecule has 0 N–H and O–H groups in total. The lowest BCUT2D eigenvalue weighted by Gasteiger charge is -2.19. The monoisotopic (exact) mass is 256 g/mol. The number of thiol groups is 1. The van der Waals surface area contributed by atoms with Crippen molar-refractivity contribution < 1.29 is 0 Å². The lowest BCUT2D eigenvalue weighted by Crippen LogP contribution is -2.05. The molecule has 2 aliphatic heterocycles. The van der Waals surface area contributed by atoms with Gasteiger partial charge in [0.15, 0.2) is 2.74 Å². The maximum atomic E-state index is 4.36. The largest absolute Gasteiger partial charge is 0.178 e. The zero-order valence-electron chi connectivity index (χ0n) is 6.86. The highest BCUT2D eigenvalue weighted by molar-refractivity contribution is 8.50. The van der Waals surface area contributed by atoms with Gasteiger partial charge in [0.1, 0.15) is 0 Å². The molecular formula is C7H12S5. The molecule has 5 heteroatoms. The summed E-state index contributed by atoms with van der Waals surface area (Å²) in [7, 11) is 0. The van der Waals surface area contributed by atoms with E-state index in [4.69, 9.17) is 0 Å². The summed E-state index contributed by atoms with van der Waals surface area (Å²) in [4.78, 5) is 0. The van der Waals surface area contributed by atoms with Crippen LogP contribution in [0.15, 0.2) is 0 Å². The summed E-state index contributed by atoms with van der Waals surface area (Å²) in [6, 6.07) is 0. The number of hydrogen-bond donors (Lipinski definition) is 1. The zero-order chi connectivity index (χ0) is 8.60. The second kappa shape index (κ2) is 4.09. The highest BCUT2D eigenvalue weighted by Crippen LogP contribution is 2.66. The molecule has 70 valence electrons. The van der Waals surface area contributed by atoms with Gasteiger partial charge in [0.05, 0.1) is 0 Å². The first-order valence-electron chi connectivity index (χ1n) is 3.98. The van der Waals surface area contributed by atoms with Crippen LogP contribution in [-0.2, 0) is 0 Å². The van der Waals surface area contributed by atoms with Crippen LogP contribution in [0.25, 0.3) is 0 Å². The SMILES string of the molecule is CC1CSC2(SCC(CS)S2)S1. The first kappa shape index (κ1) is 10.3. The van der Waals surface area contributed by atoms with Gasteiger partial charge in [-0.2, -0.15) is 12.6 Å². The molecule has 1 spiro atoms. The molecule has 0 aromatic rings. The van der Waals surface area contributed by atoms with Crippen LogP contribution in [0.1, 0.15) is 6.92 Å². The van der Waals surface area contributed by atoms with Crippen molar-refractivity contribution in [3.63, 3.8) is 0 Å². The maximum Gasteiger partial charge on any atom is 0.154 e. The molecule has 12 heavy (non-hydrogen) atoms. The van der Waals surface area contributed by atoms with Crippen molar-refractivity contribution in [2.75, 3.05) is 17.3 Å². The van der Waals surface area contributed by atoms with Gasteiger partial charge in [0.2, 0.25) is 0 Å². The predicted octanol–water partition coefficient (Wildman–Crippen LogP) is 3.24. The molecule has 0 radical (unpaired) electrons. The average Bonchev–Trinajstić information content (AvgIpc) is 2.61. The van der Waals surface area contributed by atoms with Crippen LogP contribution in [0.4, 0.5) is 0 Å². The third-order valence-electron chi connectivity index (χ3n) is 1.80. The summed E-state index contributed by atoms with van der Waals surface area (Å²) in [5, 5.41) is 1.62. The summed E-state index contributed by atoms with van der Waals surface area (Å²) < 4.78 is 0.451. The molecule has 0 nitrogen and oxygen atoms in total. The van der Waals surface area contributed by atoms with E-state index in [0.29, 0.717) is 2.74 Å². The number of thioether (sulfide) groups is 4. The van der Waals surface area contributed by atoms with E-state index in [2.05, 4.69) is 66.6 Å². The molecule has 3 unspecified atom stereocenters. The van der Waals surface area contributed by atoms with Crippen molar-refractivity contribution in [2.45, 2.75) is 20.2 Å². The Balaban J connectivity index is 1.97. The third kappa shape index (κ3) is 2.05. The number of hydrogen-bond acceptors (Lipinski definition) is 5. The molecule has 0 saturated carbocycles. The van der Waals surface area contributed by atoms with Gasteiger partial charge in [-0.25, -0.2) is 0 Å². The summed E-state index contributed by atoms with van der Waals surface area (Å²) >= 11 is 12.9. The van der Waals surface area contributed by atoms with Crippen molar-refractivity contribution in [2.24, 2.45) is 0 Å². The molecule has 3 atom stereocenters. The fourth-order valence-corrected chi connectivity index (χ4v) is 10.2. The Bertz CT molecular complexity index is 173. The fourth-order valence-electron chi connectivity index (χ4n) is 1.23. The van der Waals surface area contributed by atoms with Crippen LogP contribution in [-0.4, -0.2) is 30.5 Å². The van der Waals surface area contributed by atoms with E-state index in [1.807, 2.05) is 0 Å². The molecular weight excluding hydrogens is 244 g/mol. The van der Waals surface area contributed by atoms with Gasteiger partial charge in [0, 0.05) is 27.8 Å². The van der Waals surface area contributed by atoms with Crippen molar-refractivity contribution in [3.8, 4) is 0 Å². The molecule has 2 saturated heterocycles. The third-order valence-corrected chi connectivity index (χ3v) is 10.5. The van der Waals surface area contributed by atoms with Gasteiger partial charge in [-0.15, -0.1) is 47.0 Å². The summed E-state index contributed by atoms with van der Waals surface area (Å²) in [6.45, 7) is 2.33. The van der Waals surface area contributed by atoms with Gasteiger partial charge in [0.25, 0.3) is 0 Å². The first-order chi connectivity index (χ1) is 5.74. The lowest BCUT2D eigenvalue weighted by atomic mass is 10.6. The Kier molecular flexibility index (Phi) is 3.50. The molecule has 0 aromatic carbocycles. The molecule has 2 fully saturated rings. The smallest absolute Gasteiger partial charge is 0.154 e. The quantitative estimate of drug-likeness (QED) is 0.715. The van der Waals surface area contributed by atoms with E-state index < -0.39 is 0 Å². The predicted molar refractivity (Wildman–Crippen MR) is 69.9 cm³/mol. The molecule has 0 bridgehead atoms. The van der Waals surface area contributed by atoms with E-state index in [0.717, 1.165) is 16.3 Å². The molecule has 0 aliphatic carbocycles. The normalized spacial score (nSPS) is 47.5. The Labute approximate surface area is 96.6 Å². The van der Waals surface area contributed by atoms with Gasteiger partial charge < -0.3 is 0 Å².